The molecule has 0 bridgehead atoms. The molecule has 21 heavy (non-hydrogen) atoms. The van der Waals surface area contributed by atoms with Gasteiger partial charge in [0.2, 0.25) is 0 Å². The van der Waals surface area contributed by atoms with E-state index < -0.39 is 22.3 Å². The summed E-state index contributed by atoms with van der Waals surface area (Å²) < 4.78 is 13.4. The van der Waals surface area contributed by atoms with Crippen molar-refractivity contribution in [1.82, 2.24) is 4.90 Å². The van der Waals surface area contributed by atoms with E-state index in [1.165, 1.54) is 0 Å². The monoisotopic (exact) mass is 296 g/mol. The zero-order valence-corrected chi connectivity index (χ0v) is 11.5. The number of non-ortho nitro benzene ring substituents is 1. The van der Waals surface area contributed by atoms with E-state index in [0.717, 1.165) is 31.0 Å². The van der Waals surface area contributed by atoms with Gasteiger partial charge in [-0.2, -0.15) is 0 Å². The number of nitro benzene ring substituents is 1. The summed E-state index contributed by atoms with van der Waals surface area (Å²) in [7, 11) is 0. The minimum atomic E-state index is -0.795. The third-order valence-electron chi connectivity index (χ3n) is 3.68. The maximum atomic E-state index is 13.4. The van der Waals surface area contributed by atoms with Gasteiger partial charge in [-0.05, 0) is 31.2 Å². The van der Waals surface area contributed by atoms with E-state index in [1.54, 1.807) is 4.90 Å². The second-order valence-corrected chi connectivity index (χ2v) is 5.23. The molecule has 1 saturated heterocycles. The van der Waals surface area contributed by atoms with E-state index in [-0.39, 0.29) is 18.1 Å². The highest BCUT2D eigenvalue weighted by molar-refractivity contribution is 5.95. The van der Waals surface area contributed by atoms with Crippen LogP contribution < -0.4 is 0 Å². The van der Waals surface area contributed by atoms with Gasteiger partial charge in [-0.1, -0.05) is 0 Å². The molecular formula is C14H17FN2O4. The van der Waals surface area contributed by atoms with Crippen molar-refractivity contribution in [2.45, 2.75) is 19.3 Å². The van der Waals surface area contributed by atoms with Gasteiger partial charge < -0.3 is 10.0 Å². The van der Waals surface area contributed by atoms with Gasteiger partial charge in [0, 0.05) is 31.3 Å². The van der Waals surface area contributed by atoms with Crippen molar-refractivity contribution in [1.29, 1.82) is 0 Å². The van der Waals surface area contributed by atoms with Crippen LogP contribution in [0.5, 0.6) is 0 Å². The van der Waals surface area contributed by atoms with Crippen molar-refractivity contribution in [2.24, 2.45) is 5.92 Å². The normalized spacial score (nSPS) is 18.6. The molecule has 1 heterocycles. The molecule has 2 rings (SSSR count). The molecular weight excluding hydrogens is 279 g/mol. The van der Waals surface area contributed by atoms with Crippen LogP contribution in [0.4, 0.5) is 10.1 Å². The van der Waals surface area contributed by atoms with E-state index in [0.29, 0.717) is 19.5 Å². The summed E-state index contributed by atoms with van der Waals surface area (Å²) in [6.07, 6.45) is 2.37. The van der Waals surface area contributed by atoms with Crippen LogP contribution in [0, 0.1) is 21.8 Å². The third-order valence-corrected chi connectivity index (χ3v) is 3.68. The Labute approximate surface area is 121 Å². The van der Waals surface area contributed by atoms with Crippen molar-refractivity contribution in [3.05, 3.63) is 39.7 Å². The molecule has 1 atom stereocenters. The molecule has 1 fully saturated rings. The Morgan fingerprint density at radius 1 is 1.48 bits per heavy atom. The number of aliphatic hydroxyl groups is 1. The molecule has 7 heteroatoms. The Morgan fingerprint density at radius 3 is 2.90 bits per heavy atom. The number of nitro groups is 1. The van der Waals surface area contributed by atoms with E-state index >= 15 is 0 Å². The van der Waals surface area contributed by atoms with Gasteiger partial charge in [0.1, 0.15) is 5.82 Å². The zero-order chi connectivity index (χ0) is 15.4. The maximum Gasteiger partial charge on any atom is 0.273 e. The third kappa shape index (κ3) is 3.75. The molecule has 1 aliphatic rings. The smallest absolute Gasteiger partial charge is 0.273 e. The summed E-state index contributed by atoms with van der Waals surface area (Å²) >= 11 is 0. The van der Waals surface area contributed by atoms with Gasteiger partial charge in [0.05, 0.1) is 11.0 Å². The lowest BCUT2D eigenvalue weighted by Crippen LogP contribution is -2.40. The topological polar surface area (TPSA) is 83.7 Å². The molecule has 1 N–H and O–H groups in total. The molecule has 6 nitrogen and oxygen atoms in total. The second kappa shape index (κ2) is 6.62. The predicted octanol–water partition coefficient (Wildman–Crippen LogP) is 1.97. The van der Waals surface area contributed by atoms with E-state index in [1.807, 2.05) is 0 Å². The van der Waals surface area contributed by atoms with Crippen LogP contribution in [-0.4, -0.2) is 40.5 Å². The van der Waals surface area contributed by atoms with Crippen molar-refractivity contribution in [2.75, 3.05) is 19.7 Å². The number of hydrogen-bond acceptors (Lipinski definition) is 4. The zero-order valence-electron chi connectivity index (χ0n) is 11.5. The van der Waals surface area contributed by atoms with Gasteiger partial charge in [-0.15, -0.1) is 0 Å². The standard InChI is InChI=1S/C14H17FN2O4/c15-12-6-11(7-13(8-12)17(20)21)14(19)16-4-1-2-10(9-16)3-5-18/h6-8,10,18H,1-5,9H2. The predicted molar refractivity (Wildman–Crippen MR) is 73.4 cm³/mol. The van der Waals surface area contributed by atoms with Crippen LogP contribution in [0.15, 0.2) is 18.2 Å². The Hall–Kier alpha value is -2.02. The Balaban J connectivity index is 2.17. The minimum absolute atomic E-state index is 0.00801. The van der Waals surface area contributed by atoms with Gasteiger partial charge >= 0.3 is 0 Å². The van der Waals surface area contributed by atoms with Crippen LogP contribution in [0.1, 0.15) is 29.6 Å². The van der Waals surface area contributed by atoms with E-state index in [9.17, 15) is 19.3 Å². The number of nitrogens with zero attached hydrogens (tertiary/aromatic N) is 2. The first kappa shape index (κ1) is 15.4. The van der Waals surface area contributed by atoms with Crippen LogP contribution in [0.3, 0.4) is 0 Å². The average Bonchev–Trinajstić information content (AvgIpc) is 2.46. The molecule has 1 amide bonds. The summed E-state index contributed by atoms with van der Waals surface area (Å²) in [6.45, 7) is 1.10. The van der Waals surface area contributed by atoms with Crippen molar-refractivity contribution in [3.63, 3.8) is 0 Å². The largest absolute Gasteiger partial charge is 0.396 e. The number of hydrogen-bond donors (Lipinski definition) is 1. The number of piperidine rings is 1. The molecule has 0 aliphatic carbocycles. The maximum absolute atomic E-state index is 13.4. The molecule has 1 unspecified atom stereocenters. The molecule has 0 aromatic heterocycles. The Kier molecular flexibility index (Phi) is 4.85. The Bertz CT molecular complexity index is 548. The summed E-state index contributed by atoms with van der Waals surface area (Å²) in [6, 6.07) is 2.91. The quantitative estimate of drug-likeness (QED) is 0.680. The fourth-order valence-electron chi connectivity index (χ4n) is 2.65. The lowest BCUT2D eigenvalue weighted by molar-refractivity contribution is -0.385. The number of halogens is 1. The minimum Gasteiger partial charge on any atom is -0.396 e. The average molecular weight is 296 g/mol. The first-order valence-corrected chi connectivity index (χ1v) is 6.86. The molecule has 1 aliphatic heterocycles. The molecule has 1 aromatic rings. The molecule has 1 aromatic carbocycles. The van der Waals surface area contributed by atoms with Gasteiger partial charge in [-0.3, -0.25) is 14.9 Å². The number of benzene rings is 1. The van der Waals surface area contributed by atoms with Crippen molar-refractivity contribution >= 4 is 11.6 Å². The van der Waals surface area contributed by atoms with Crippen molar-refractivity contribution < 1.29 is 19.2 Å². The fourth-order valence-corrected chi connectivity index (χ4v) is 2.65. The highest BCUT2D eigenvalue weighted by Crippen LogP contribution is 2.23. The van der Waals surface area contributed by atoms with Crippen molar-refractivity contribution in [3.8, 4) is 0 Å². The highest BCUT2D eigenvalue weighted by atomic mass is 19.1. The number of aliphatic hydroxyl groups excluding tert-OH is 1. The lowest BCUT2D eigenvalue weighted by Gasteiger charge is -2.32. The summed E-state index contributed by atoms with van der Waals surface area (Å²) in [5, 5.41) is 19.7. The fraction of sp³-hybridized carbons (Fsp3) is 0.500. The molecule has 0 saturated carbocycles. The van der Waals surface area contributed by atoms with Crippen LogP contribution in [0.25, 0.3) is 0 Å². The highest BCUT2D eigenvalue weighted by Gasteiger charge is 2.25. The summed E-state index contributed by atoms with van der Waals surface area (Å²) in [4.78, 5) is 23.9. The number of carbonyl (C=O) groups excluding carboxylic acids is 1. The van der Waals surface area contributed by atoms with E-state index in [2.05, 4.69) is 0 Å². The van der Waals surface area contributed by atoms with Gasteiger partial charge in [0.15, 0.2) is 0 Å². The molecule has 0 spiro atoms. The lowest BCUT2D eigenvalue weighted by atomic mass is 9.94. The second-order valence-electron chi connectivity index (χ2n) is 5.23. The summed E-state index contributed by atoms with van der Waals surface area (Å²) in [5.74, 6) is -0.979. The number of likely N-dealkylation sites (tertiary alicyclic amines) is 1. The van der Waals surface area contributed by atoms with Crippen LogP contribution in [0.2, 0.25) is 0 Å². The Morgan fingerprint density at radius 2 is 2.24 bits per heavy atom. The van der Waals surface area contributed by atoms with E-state index in [4.69, 9.17) is 5.11 Å². The first-order chi connectivity index (χ1) is 10.0. The van der Waals surface area contributed by atoms with Crippen LogP contribution in [-0.2, 0) is 0 Å². The van der Waals surface area contributed by atoms with Crippen LogP contribution >= 0.6 is 0 Å². The van der Waals surface area contributed by atoms with Gasteiger partial charge in [-0.25, -0.2) is 4.39 Å². The number of rotatable bonds is 4. The number of carbonyl (C=O) groups is 1. The summed E-state index contributed by atoms with van der Waals surface area (Å²) in [5.41, 5.74) is -0.436. The van der Waals surface area contributed by atoms with Gasteiger partial charge in [0.25, 0.3) is 11.6 Å². The molecule has 0 radical (unpaired) electrons. The first-order valence-electron chi connectivity index (χ1n) is 6.86. The molecule has 114 valence electrons. The number of amides is 1. The SMILES string of the molecule is O=C(c1cc(F)cc([N+](=O)[O-])c1)N1CCCC(CCO)C1.